The third-order valence-corrected chi connectivity index (χ3v) is 5.06. The number of hydrogen-bond acceptors (Lipinski definition) is 7. The van der Waals surface area contributed by atoms with Gasteiger partial charge in [0.15, 0.2) is 0 Å². The van der Waals surface area contributed by atoms with Crippen LogP contribution in [0.5, 0.6) is 0 Å². The lowest BCUT2D eigenvalue weighted by atomic mass is 10.1. The quantitative estimate of drug-likeness (QED) is 0.461. The number of hydrogen-bond donors (Lipinski definition) is 2. The summed E-state index contributed by atoms with van der Waals surface area (Å²) in [6.45, 7) is 5.68. The normalized spacial score (nSPS) is 15.5. The molecule has 2 aliphatic heterocycles. The van der Waals surface area contributed by atoms with Crippen LogP contribution in [0.2, 0.25) is 0 Å². The van der Waals surface area contributed by atoms with E-state index in [0.29, 0.717) is 18.9 Å². The molecule has 0 radical (unpaired) electrons. The van der Waals surface area contributed by atoms with Crippen LogP contribution in [0.25, 0.3) is 0 Å². The zero-order valence-electron chi connectivity index (χ0n) is 18.1. The van der Waals surface area contributed by atoms with Gasteiger partial charge in [-0.25, -0.2) is 14.4 Å². The molecule has 0 unspecified atom stereocenters. The predicted octanol–water partition coefficient (Wildman–Crippen LogP) is 1.62. The Balaban J connectivity index is 1.73. The molecular weight excluding hydrogens is 418 g/mol. The van der Waals surface area contributed by atoms with Crippen molar-refractivity contribution in [2.45, 2.75) is 27.2 Å². The Morgan fingerprint density at radius 3 is 2.47 bits per heavy atom. The first-order chi connectivity index (χ1) is 15.2. The van der Waals surface area contributed by atoms with Crippen LogP contribution < -0.4 is 10.6 Å². The molecule has 0 saturated heterocycles. The summed E-state index contributed by atoms with van der Waals surface area (Å²) in [5.41, 5.74) is 0.736. The fourth-order valence-electron chi connectivity index (χ4n) is 3.30. The highest BCUT2D eigenvalue weighted by molar-refractivity contribution is 6.22. The Hall–Kier alpha value is -3.69. The highest BCUT2D eigenvalue weighted by Crippen LogP contribution is 2.25. The van der Waals surface area contributed by atoms with Gasteiger partial charge in [-0.05, 0) is 37.5 Å². The number of carbonyl (C=O) groups is 5. The summed E-state index contributed by atoms with van der Waals surface area (Å²) in [4.78, 5) is 62.6. The predicted molar refractivity (Wildman–Crippen MR) is 112 cm³/mol. The maximum Gasteiger partial charge on any atom is 0.338 e. The monoisotopic (exact) mass is 443 g/mol. The lowest BCUT2D eigenvalue weighted by molar-refractivity contribution is -0.138. The molecule has 4 amide bonds. The largest absolute Gasteiger partial charge is 0.463 e. The number of rotatable bonds is 8. The zero-order valence-corrected chi connectivity index (χ0v) is 18.1. The third-order valence-electron chi connectivity index (χ3n) is 5.06. The van der Waals surface area contributed by atoms with Crippen molar-refractivity contribution in [2.24, 2.45) is 5.92 Å². The molecule has 0 bridgehead atoms. The van der Waals surface area contributed by atoms with Gasteiger partial charge in [-0.1, -0.05) is 13.8 Å². The summed E-state index contributed by atoms with van der Waals surface area (Å²) < 4.78 is 10.2. The fourth-order valence-corrected chi connectivity index (χ4v) is 3.30. The number of nitrogens with zero attached hydrogens (tertiary/aromatic N) is 1. The molecule has 3 rings (SSSR count). The second-order valence-corrected chi connectivity index (χ2v) is 7.77. The first kappa shape index (κ1) is 23.0. The van der Waals surface area contributed by atoms with Crippen molar-refractivity contribution in [1.29, 1.82) is 0 Å². The summed E-state index contributed by atoms with van der Waals surface area (Å²) in [7, 11) is 0. The van der Waals surface area contributed by atoms with E-state index in [2.05, 4.69) is 10.6 Å². The van der Waals surface area contributed by atoms with Gasteiger partial charge < -0.3 is 20.1 Å². The molecule has 0 aromatic heterocycles. The van der Waals surface area contributed by atoms with Crippen molar-refractivity contribution in [2.75, 3.05) is 26.3 Å². The molecule has 0 aliphatic carbocycles. The molecule has 1 aromatic rings. The molecule has 32 heavy (non-hydrogen) atoms. The smallest absolute Gasteiger partial charge is 0.338 e. The van der Waals surface area contributed by atoms with E-state index in [0.717, 1.165) is 0 Å². The molecule has 2 N–H and O–H groups in total. The fraction of sp³-hybridized carbons (Fsp3) is 0.409. The number of nitrogens with one attached hydrogen (secondary N) is 2. The number of esters is 2. The topological polar surface area (TPSA) is 131 Å². The maximum absolute atomic E-state index is 12.7. The summed E-state index contributed by atoms with van der Waals surface area (Å²) in [6.07, 6.45) is 0.679. The van der Waals surface area contributed by atoms with Crippen molar-refractivity contribution >= 4 is 29.8 Å². The van der Waals surface area contributed by atoms with E-state index < -0.39 is 23.9 Å². The van der Waals surface area contributed by atoms with Gasteiger partial charge in [0.25, 0.3) is 11.8 Å². The lowest BCUT2D eigenvalue weighted by Gasteiger charge is -2.21. The average molecular weight is 443 g/mol. The average Bonchev–Trinajstić information content (AvgIpc) is 3.00. The summed E-state index contributed by atoms with van der Waals surface area (Å²) >= 11 is 0. The van der Waals surface area contributed by atoms with Gasteiger partial charge in [0, 0.05) is 6.54 Å². The number of amides is 4. The van der Waals surface area contributed by atoms with Gasteiger partial charge in [-0.3, -0.25) is 14.5 Å². The highest BCUT2D eigenvalue weighted by Gasteiger charge is 2.36. The van der Waals surface area contributed by atoms with Crippen molar-refractivity contribution in [3.8, 4) is 0 Å². The van der Waals surface area contributed by atoms with Gasteiger partial charge in [-0.2, -0.15) is 0 Å². The second kappa shape index (κ2) is 9.63. The molecule has 0 spiro atoms. The van der Waals surface area contributed by atoms with Crippen LogP contribution >= 0.6 is 0 Å². The van der Waals surface area contributed by atoms with E-state index >= 15 is 0 Å². The SMILES string of the molecule is CCOC(=O)C1=C(COC(=O)c2ccc3c(c2)C(=O)N(CCC(C)C)C3=O)NC(=O)NC1. The van der Waals surface area contributed by atoms with E-state index in [4.69, 9.17) is 9.47 Å². The highest BCUT2D eigenvalue weighted by atomic mass is 16.5. The van der Waals surface area contributed by atoms with E-state index in [1.807, 2.05) is 13.8 Å². The molecule has 0 fully saturated rings. The van der Waals surface area contributed by atoms with E-state index in [9.17, 15) is 24.0 Å². The molecule has 2 aliphatic rings. The summed E-state index contributed by atoms with van der Waals surface area (Å²) in [5, 5.41) is 4.90. The van der Waals surface area contributed by atoms with Gasteiger partial charge in [0.1, 0.15) is 6.61 Å². The Labute approximate surface area is 184 Å². The van der Waals surface area contributed by atoms with Crippen LogP contribution in [0.4, 0.5) is 4.79 Å². The standard InChI is InChI=1S/C22H25N3O7/c1-4-31-21(29)16-10-23-22(30)24-17(16)11-32-20(28)13-5-6-14-15(9-13)19(27)25(18(14)26)8-7-12(2)3/h5-6,9,12H,4,7-8,10-11H2,1-3H3,(H2,23,24,30). The zero-order chi connectivity index (χ0) is 23.4. The number of benzene rings is 1. The van der Waals surface area contributed by atoms with Crippen molar-refractivity contribution < 1.29 is 33.4 Å². The molecule has 10 nitrogen and oxygen atoms in total. The van der Waals surface area contributed by atoms with Gasteiger partial charge in [-0.15, -0.1) is 0 Å². The van der Waals surface area contributed by atoms with Crippen LogP contribution in [-0.4, -0.2) is 61.0 Å². The minimum atomic E-state index is -0.767. The number of carbonyl (C=O) groups excluding carboxylic acids is 5. The Bertz CT molecular complexity index is 1010. The molecule has 0 saturated carbocycles. The van der Waals surface area contributed by atoms with Crippen LogP contribution in [0.1, 0.15) is 58.3 Å². The van der Waals surface area contributed by atoms with Crippen LogP contribution in [0.3, 0.4) is 0 Å². The van der Waals surface area contributed by atoms with E-state index in [1.165, 1.54) is 23.1 Å². The van der Waals surface area contributed by atoms with Crippen LogP contribution in [0, 0.1) is 5.92 Å². The lowest BCUT2D eigenvalue weighted by Crippen LogP contribution is -2.45. The summed E-state index contributed by atoms with van der Waals surface area (Å²) in [5.74, 6) is -1.90. The van der Waals surface area contributed by atoms with Crippen LogP contribution in [-0.2, 0) is 14.3 Å². The molecule has 0 atom stereocenters. The second-order valence-electron chi connectivity index (χ2n) is 7.77. The number of fused-ring (bicyclic) bond motifs is 1. The molecule has 10 heteroatoms. The number of ether oxygens (including phenoxy) is 2. The molecule has 1 aromatic carbocycles. The Morgan fingerprint density at radius 2 is 1.78 bits per heavy atom. The van der Waals surface area contributed by atoms with Gasteiger partial charge in [0.2, 0.25) is 0 Å². The van der Waals surface area contributed by atoms with Crippen molar-refractivity contribution in [3.05, 3.63) is 46.2 Å². The van der Waals surface area contributed by atoms with E-state index in [1.54, 1.807) is 6.92 Å². The Kier molecular flexibility index (Phi) is 6.92. The molecule has 170 valence electrons. The Morgan fingerprint density at radius 1 is 1.06 bits per heavy atom. The minimum absolute atomic E-state index is 0.0563. The van der Waals surface area contributed by atoms with Gasteiger partial charge >= 0.3 is 18.0 Å². The summed E-state index contributed by atoms with van der Waals surface area (Å²) in [6, 6.07) is 3.62. The molecular formula is C22H25N3O7. The molecule has 2 heterocycles. The number of imide groups is 1. The first-order valence-electron chi connectivity index (χ1n) is 10.3. The number of urea groups is 1. The van der Waals surface area contributed by atoms with Gasteiger partial charge in [0.05, 0.1) is 41.1 Å². The van der Waals surface area contributed by atoms with Crippen LogP contribution in [0.15, 0.2) is 29.5 Å². The van der Waals surface area contributed by atoms with Crippen molar-refractivity contribution in [3.63, 3.8) is 0 Å². The minimum Gasteiger partial charge on any atom is -0.463 e. The third kappa shape index (κ3) is 4.79. The first-order valence-corrected chi connectivity index (χ1v) is 10.3. The van der Waals surface area contributed by atoms with E-state index in [-0.39, 0.29) is 53.6 Å². The van der Waals surface area contributed by atoms with Crippen molar-refractivity contribution in [1.82, 2.24) is 15.5 Å². The maximum atomic E-state index is 12.7.